The van der Waals surface area contributed by atoms with Gasteiger partial charge in [-0.3, -0.25) is 0 Å². The third kappa shape index (κ3) is 1.47. The van der Waals surface area contributed by atoms with Gasteiger partial charge >= 0.3 is 0 Å². The van der Waals surface area contributed by atoms with Crippen molar-refractivity contribution in [2.24, 2.45) is 11.8 Å². The molecule has 0 aliphatic heterocycles. The van der Waals surface area contributed by atoms with E-state index in [1.54, 1.807) is 0 Å². The Labute approximate surface area is 70.8 Å². The Morgan fingerprint density at radius 1 is 1.33 bits per heavy atom. The smallest absolute Gasteiger partial charge is 0.251 e. The average Bonchev–Trinajstić information content (AvgIpc) is 2.39. The number of halogens is 2. The van der Waals surface area contributed by atoms with Crippen LogP contribution in [-0.4, -0.2) is 17.1 Å². The molecule has 2 aliphatic carbocycles. The highest BCUT2D eigenvalue weighted by Gasteiger charge is 2.57. The van der Waals surface area contributed by atoms with Crippen LogP contribution in [-0.2, 0) is 0 Å². The van der Waals surface area contributed by atoms with Crippen molar-refractivity contribution in [2.75, 3.05) is 0 Å². The predicted octanol–water partition coefficient (Wildman–Crippen LogP) is 2.19. The molecule has 12 heavy (non-hydrogen) atoms. The minimum Gasteiger partial charge on any atom is -0.393 e. The second kappa shape index (κ2) is 2.66. The summed E-state index contributed by atoms with van der Waals surface area (Å²) in [5.74, 6) is -2.67. The van der Waals surface area contributed by atoms with E-state index in [1.807, 2.05) is 0 Å². The molecule has 0 amide bonds. The number of aliphatic hydroxyl groups excluding tert-OH is 1. The van der Waals surface area contributed by atoms with Crippen LogP contribution in [0.3, 0.4) is 0 Å². The second-order valence-corrected chi connectivity index (χ2v) is 4.16. The Morgan fingerprint density at radius 2 is 2.00 bits per heavy atom. The maximum Gasteiger partial charge on any atom is 0.251 e. The molecule has 3 heteroatoms. The van der Waals surface area contributed by atoms with Gasteiger partial charge in [0.05, 0.1) is 6.10 Å². The van der Waals surface area contributed by atoms with Gasteiger partial charge in [0.1, 0.15) is 0 Å². The van der Waals surface area contributed by atoms with Crippen LogP contribution >= 0.6 is 0 Å². The van der Waals surface area contributed by atoms with Gasteiger partial charge < -0.3 is 5.11 Å². The van der Waals surface area contributed by atoms with E-state index in [0.717, 1.165) is 19.3 Å². The normalized spacial score (nSPS) is 44.8. The molecule has 2 aliphatic rings. The van der Waals surface area contributed by atoms with Gasteiger partial charge in [0, 0.05) is 12.3 Å². The summed E-state index contributed by atoms with van der Waals surface area (Å²) in [6.07, 6.45) is 3.03. The van der Waals surface area contributed by atoms with E-state index in [2.05, 4.69) is 0 Å². The van der Waals surface area contributed by atoms with E-state index < -0.39 is 11.8 Å². The van der Waals surface area contributed by atoms with Crippen LogP contribution < -0.4 is 0 Å². The lowest BCUT2D eigenvalue weighted by Gasteiger charge is -2.12. The first-order valence-electron chi connectivity index (χ1n) is 4.65. The van der Waals surface area contributed by atoms with Crippen LogP contribution in [0.15, 0.2) is 0 Å². The van der Waals surface area contributed by atoms with Gasteiger partial charge in [0.15, 0.2) is 0 Å². The molecule has 1 N–H and O–H groups in total. The van der Waals surface area contributed by atoms with Gasteiger partial charge in [-0.2, -0.15) is 0 Å². The summed E-state index contributed by atoms with van der Waals surface area (Å²) in [7, 11) is 0. The van der Waals surface area contributed by atoms with Crippen LogP contribution in [0.5, 0.6) is 0 Å². The van der Waals surface area contributed by atoms with E-state index in [0.29, 0.717) is 6.42 Å². The van der Waals surface area contributed by atoms with Gasteiger partial charge in [-0.25, -0.2) is 8.78 Å². The molecule has 70 valence electrons. The second-order valence-electron chi connectivity index (χ2n) is 4.16. The molecule has 0 radical (unpaired) electrons. The summed E-state index contributed by atoms with van der Waals surface area (Å²) < 4.78 is 25.0. The Bertz CT molecular complexity index is 181. The van der Waals surface area contributed by atoms with Gasteiger partial charge in [-0.1, -0.05) is 6.42 Å². The quantitative estimate of drug-likeness (QED) is 0.683. The molecule has 0 spiro atoms. The lowest BCUT2D eigenvalue weighted by molar-refractivity contribution is 0.0777. The van der Waals surface area contributed by atoms with Crippen LogP contribution in [0.25, 0.3) is 0 Å². The molecule has 0 heterocycles. The first kappa shape index (κ1) is 8.42. The Hall–Kier alpha value is -0.180. The summed E-state index contributed by atoms with van der Waals surface area (Å²) in [6.45, 7) is 0. The Morgan fingerprint density at radius 3 is 2.42 bits per heavy atom. The molecule has 3 atom stereocenters. The molecule has 0 bridgehead atoms. The molecule has 0 aromatic rings. The summed E-state index contributed by atoms with van der Waals surface area (Å²) in [4.78, 5) is 0. The zero-order chi connectivity index (χ0) is 8.77. The number of hydrogen-bond donors (Lipinski definition) is 1. The molecule has 1 nitrogen and oxygen atoms in total. The molecular formula is C9H14F2O. The van der Waals surface area contributed by atoms with Gasteiger partial charge in [0.2, 0.25) is 0 Å². The third-order valence-corrected chi connectivity index (χ3v) is 3.16. The molecule has 1 unspecified atom stereocenters. The van der Waals surface area contributed by atoms with Crippen LogP contribution in [0.2, 0.25) is 0 Å². The van der Waals surface area contributed by atoms with Crippen molar-refractivity contribution in [3.8, 4) is 0 Å². The van der Waals surface area contributed by atoms with E-state index in [-0.39, 0.29) is 18.4 Å². The van der Waals surface area contributed by atoms with Crippen LogP contribution in [0, 0.1) is 11.8 Å². The Balaban J connectivity index is 1.80. The molecule has 0 aromatic carbocycles. The van der Waals surface area contributed by atoms with E-state index in [9.17, 15) is 13.9 Å². The predicted molar refractivity (Wildman–Crippen MR) is 41.0 cm³/mol. The largest absolute Gasteiger partial charge is 0.393 e. The minimum atomic E-state index is -2.40. The number of rotatable bonds is 2. The lowest BCUT2D eigenvalue weighted by Crippen LogP contribution is -2.14. The molecule has 2 rings (SSSR count). The van der Waals surface area contributed by atoms with Crippen LogP contribution in [0.1, 0.15) is 32.1 Å². The molecular weight excluding hydrogens is 162 g/mol. The van der Waals surface area contributed by atoms with Crippen LogP contribution in [0.4, 0.5) is 8.78 Å². The van der Waals surface area contributed by atoms with Crippen molar-refractivity contribution in [1.29, 1.82) is 0 Å². The summed E-state index contributed by atoms with van der Waals surface area (Å²) in [5, 5.41) is 9.39. The molecule has 0 aromatic heterocycles. The molecule has 0 saturated heterocycles. The van der Waals surface area contributed by atoms with Crippen molar-refractivity contribution >= 4 is 0 Å². The van der Waals surface area contributed by atoms with Gasteiger partial charge in [-0.15, -0.1) is 0 Å². The SMILES string of the molecule is O[C@@H]1CCC[C@H]1CC1CC1(F)F. The fourth-order valence-corrected chi connectivity index (χ4v) is 2.18. The molecule has 2 saturated carbocycles. The number of aliphatic hydroxyl groups is 1. The van der Waals surface area contributed by atoms with Gasteiger partial charge in [-0.05, 0) is 25.2 Å². The summed E-state index contributed by atoms with van der Waals surface area (Å²) in [6, 6.07) is 0. The third-order valence-electron chi connectivity index (χ3n) is 3.16. The number of hydrogen-bond acceptors (Lipinski definition) is 1. The number of alkyl halides is 2. The maximum atomic E-state index is 12.5. The monoisotopic (exact) mass is 176 g/mol. The maximum absolute atomic E-state index is 12.5. The standard InChI is InChI=1S/C9H14F2O/c10-9(11)5-7(9)4-6-2-1-3-8(6)12/h6-8,12H,1-5H2/t6-,7?,8+/m0/s1. The zero-order valence-electron chi connectivity index (χ0n) is 6.97. The highest BCUT2D eigenvalue weighted by molar-refractivity contribution is 4.97. The Kier molecular flexibility index (Phi) is 1.86. The average molecular weight is 176 g/mol. The first-order valence-corrected chi connectivity index (χ1v) is 4.65. The van der Waals surface area contributed by atoms with Crippen molar-refractivity contribution in [3.63, 3.8) is 0 Å². The van der Waals surface area contributed by atoms with E-state index in [1.165, 1.54) is 0 Å². The zero-order valence-corrected chi connectivity index (χ0v) is 6.97. The van der Waals surface area contributed by atoms with E-state index in [4.69, 9.17) is 0 Å². The topological polar surface area (TPSA) is 20.2 Å². The lowest BCUT2D eigenvalue weighted by atomic mass is 9.99. The fraction of sp³-hybridized carbons (Fsp3) is 1.00. The van der Waals surface area contributed by atoms with Gasteiger partial charge in [0.25, 0.3) is 5.92 Å². The van der Waals surface area contributed by atoms with Crippen molar-refractivity contribution < 1.29 is 13.9 Å². The summed E-state index contributed by atoms with van der Waals surface area (Å²) in [5.41, 5.74) is 0. The van der Waals surface area contributed by atoms with Crippen molar-refractivity contribution in [2.45, 2.75) is 44.1 Å². The highest BCUT2D eigenvalue weighted by Crippen LogP contribution is 2.53. The van der Waals surface area contributed by atoms with Crippen molar-refractivity contribution in [1.82, 2.24) is 0 Å². The fourth-order valence-electron chi connectivity index (χ4n) is 2.18. The first-order chi connectivity index (χ1) is 5.59. The summed E-state index contributed by atoms with van der Waals surface area (Å²) >= 11 is 0. The van der Waals surface area contributed by atoms with Crippen molar-refractivity contribution in [3.05, 3.63) is 0 Å². The minimum absolute atomic E-state index is 0.0518. The molecule has 2 fully saturated rings. The van der Waals surface area contributed by atoms with E-state index >= 15 is 0 Å². The highest BCUT2D eigenvalue weighted by atomic mass is 19.3.